The monoisotopic (exact) mass is 219 g/mol. The second kappa shape index (κ2) is 6.53. The summed E-state index contributed by atoms with van der Waals surface area (Å²) in [6, 6.07) is 8.77. The van der Waals surface area contributed by atoms with Crippen LogP contribution in [-0.2, 0) is 0 Å². The van der Waals surface area contributed by atoms with Crippen LogP contribution >= 0.6 is 11.8 Å². The van der Waals surface area contributed by atoms with E-state index in [1.807, 2.05) is 11.8 Å². The van der Waals surface area contributed by atoms with Crippen molar-refractivity contribution < 1.29 is 0 Å². The molecule has 0 amide bonds. The van der Waals surface area contributed by atoms with E-state index in [1.54, 1.807) is 0 Å². The molecule has 0 bridgehead atoms. The largest absolute Gasteiger partial charge is 0.198 e. The summed E-state index contributed by atoms with van der Waals surface area (Å²) in [5, 5.41) is 8.39. The first-order valence-corrected chi connectivity index (χ1v) is 6.29. The average molecular weight is 219 g/mol. The van der Waals surface area contributed by atoms with E-state index in [4.69, 9.17) is 5.26 Å². The average Bonchev–Trinajstić information content (AvgIpc) is 2.23. The van der Waals surface area contributed by atoms with Crippen molar-refractivity contribution in [1.29, 1.82) is 5.26 Å². The molecule has 0 heterocycles. The van der Waals surface area contributed by atoms with Crippen LogP contribution in [0.1, 0.15) is 30.4 Å². The molecule has 0 saturated carbocycles. The Labute approximate surface area is 96.5 Å². The molecule has 80 valence electrons. The summed E-state index contributed by atoms with van der Waals surface area (Å²) in [5.74, 6) is 1.12. The molecule has 1 rings (SSSR count). The Kier molecular flexibility index (Phi) is 5.28. The fourth-order valence-electron chi connectivity index (χ4n) is 1.30. The van der Waals surface area contributed by atoms with Gasteiger partial charge in [0.05, 0.1) is 6.07 Å². The van der Waals surface area contributed by atoms with E-state index in [2.05, 4.69) is 38.1 Å². The van der Waals surface area contributed by atoms with Crippen molar-refractivity contribution in [2.24, 2.45) is 0 Å². The van der Waals surface area contributed by atoms with E-state index in [0.717, 1.165) is 18.6 Å². The van der Waals surface area contributed by atoms with Crippen molar-refractivity contribution in [1.82, 2.24) is 0 Å². The number of nitrogens with zero attached hydrogens (tertiary/aromatic N) is 1. The highest BCUT2D eigenvalue weighted by atomic mass is 32.2. The topological polar surface area (TPSA) is 23.8 Å². The van der Waals surface area contributed by atoms with E-state index in [1.165, 1.54) is 16.0 Å². The number of benzene rings is 1. The van der Waals surface area contributed by atoms with E-state index >= 15 is 0 Å². The Balaban J connectivity index is 2.32. The summed E-state index contributed by atoms with van der Waals surface area (Å²) in [6.07, 6.45) is 2.84. The van der Waals surface area contributed by atoms with Crippen LogP contribution in [0.2, 0.25) is 0 Å². The number of thioether (sulfide) groups is 1. The smallest absolute Gasteiger partial charge is 0.0621 e. The molecular weight excluding hydrogens is 202 g/mol. The molecule has 2 heteroatoms. The third kappa shape index (κ3) is 4.40. The van der Waals surface area contributed by atoms with Crippen LogP contribution in [0.5, 0.6) is 0 Å². The summed E-state index contributed by atoms with van der Waals surface area (Å²) >= 11 is 1.88. The first kappa shape index (κ1) is 12.1. The maximum atomic E-state index is 8.39. The number of hydrogen-bond donors (Lipinski definition) is 0. The highest BCUT2D eigenvalue weighted by Crippen LogP contribution is 2.22. The molecule has 0 atom stereocenters. The van der Waals surface area contributed by atoms with Crippen LogP contribution in [0.3, 0.4) is 0 Å². The van der Waals surface area contributed by atoms with Gasteiger partial charge in [-0.15, -0.1) is 11.8 Å². The first-order valence-electron chi connectivity index (χ1n) is 5.31. The standard InChI is InChI=1S/C13H17NS/c1-11-6-7-13(10-12(11)2)15-9-5-3-4-8-14/h6-7,10H,3-5,9H2,1-2H3. The quantitative estimate of drug-likeness (QED) is 0.550. The fraction of sp³-hybridized carbons (Fsp3) is 0.462. The van der Waals surface area contributed by atoms with Gasteiger partial charge in [0.2, 0.25) is 0 Å². The Bertz CT molecular complexity index is 352. The molecule has 0 radical (unpaired) electrons. The number of aryl methyl sites for hydroxylation is 2. The van der Waals surface area contributed by atoms with Gasteiger partial charge in [-0.3, -0.25) is 0 Å². The van der Waals surface area contributed by atoms with Crippen molar-refractivity contribution in [2.45, 2.75) is 38.0 Å². The lowest BCUT2D eigenvalue weighted by Crippen LogP contribution is -1.84. The number of unbranched alkanes of at least 4 members (excludes halogenated alkanes) is 2. The van der Waals surface area contributed by atoms with E-state index in [9.17, 15) is 0 Å². The molecule has 0 N–H and O–H groups in total. The molecule has 0 aliphatic rings. The summed E-state index contributed by atoms with van der Waals surface area (Å²) < 4.78 is 0. The van der Waals surface area contributed by atoms with Crippen LogP contribution in [0, 0.1) is 25.2 Å². The highest BCUT2D eigenvalue weighted by Gasteiger charge is 1.97. The van der Waals surface area contributed by atoms with Crippen molar-refractivity contribution in [3.8, 4) is 6.07 Å². The molecule has 0 unspecified atom stereocenters. The van der Waals surface area contributed by atoms with Crippen LogP contribution in [-0.4, -0.2) is 5.75 Å². The Hall–Kier alpha value is -0.940. The molecule has 0 fully saturated rings. The molecule has 1 aromatic carbocycles. The summed E-state index contributed by atoms with van der Waals surface area (Å²) in [6.45, 7) is 4.28. The minimum absolute atomic E-state index is 0.688. The van der Waals surface area contributed by atoms with Gasteiger partial charge in [-0.25, -0.2) is 0 Å². The lowest BCUT2D eigenvalue weighted by Gasteiger charge is -2.04. The van der Waals surface area contributed by atoms with Gasteiger partial charge in [-0.05, 0) is 55.7 Å². The maximum absolute atomic E-state index is 8.39. The number of hydrogen-bond acceptors (Lipinski definition) is 2. The van der Waals surface area contributed by atoms with Gasteiger partial charge in [0.15, 0.2) is 0 Å². The predicted octanol–water partition coefficient (Wildman–Crippen LogP) is 4.09. The zero-order valence-corrected chi connectivity index (χ0v) is 10.2. The maximum Gasteiger partial charge on any atom is 0.0621 e. The molecule has 1 nitrogen and oxygen atoms in total. The Morgan fingerprint density at radius 2 is 2.00 bits per heavy atom. The van der Waals surface area contributed by atoms with Gasteiger partial charge in [0.1, 0.15) is 0 Å². The summed E-state index contributed by atoms with van der Waals surface area (Å²) in [7, 11) is 0. The zero-order chi connectivity index (χ0) is 11.1. The number of nitriles is 1. The Morgan fingerprint density at radius 3 is 2.67 bits per heavy atom. The van der Waals surface area contributed by atoms with Crippen molar-refractivity contribution in [3.05, 3.63) is 29.3 Å². The highest BCUT2D eigenvalue weighted by molar-refractivity contribution is 7.99. The summed E-state index contributed by atoms with van der Waals surface area (Å²) in [5.41, 5.74) is 2.71. The van der Waals surface area contributed by atoms with Gasteiger partial charge in [-0.2, -0.15) is 5.26 Å². The third-order valence-electron chi connectivity index (χ3n) is 2.43. The van der Waals surface area contributed by atoms with Crippen LogP contribution < -0.4 is 0 Å². The van der Waals surface area contributed by atoms with Gasteiger partial charge < -0.3 is 0 Å². The van der Waals surface area contributed by atoms with Gasteiger partial charge in [0, 0.05) is 11.3 Å². The van der Waals surface area contributed by atoms with Crippen LogP contribution in [0.15, 0.2) is 23.1 Å². The minimum Gasteiger partial charge on any atom is -0.198 e. The number of rotatable bonds is 5. The van der Waals surface area contributed by atoms with Gasteiger partial charge in [-0.1, -0.05) is 6.07 Å². The molecule has 1 aromatic rings. The van der Waals surface area contributed by atoms with Crippen molar-refractivity contribution >= 4 is 11.8 Å². The van der Waals surface area contributed by atoms with Crippen molar-refractivity contribution in [2.75, 3.05) is 5.75 Å². The molecule has 15 heavy (non-hydrogen) atoms. The summed E-state index contributed by atoms with van der Waals surface area (Å²) in [4.78, 5) is 1.34. The molecule has 0 saturated heterocycles. The molecule has 0 aliphatic carbocycles. The second-order valence-corrected chi connectivity index (χ2v) is 4.88. The third-order valence-corrected chi connectivity index (χ3v) is 3.51. The molecule has 0 aliphatic heterocycles. The second-order valence-electron chi connectivity index (χ2n) is 3.71. The van der Waals surface area contributed by atoms with E-state index < -0.39 is 0 Å². The lowest BCUT2D eigenvalue weighted by molar-refractivity contribution is 0.830. The normalized spacial score (nSPS) is 9.93. The Morgan fingerprint density at radius 1 is 1.20 bits per heavy atom. The molecule has 0 aromatic heterocycles. The minimum atomic E-state index is 0.688. The zero-order valence-electron chi connectivity index (χ0n) is 9.42. The first-order chi connectivity index (χ1) is 7.24. The lowest BCUT2D eigenvalue weighted by atomic mass is 10.1. The van der Waals surface area contributed by atoms with E-state index in [0.29, 0.717) is 6.42 Å². The van der Waals surface area contributed by atoms with Crippen LogP contribution in [0.4, 0.5) is 0 Å². The van der Waals surface area contributed by atoms with Gasteiger partial charge >= 0.3 is 0 Å². The SMILES string of the molecule is Cc1ccc(SCCCCC#N)cc1C. The van der Waals surface area contributed by atoms with Crippen molar-refractivity contribution in [3.63, 3.8) is 0 Å². The van der Waals surface area contributed by atoms with Gasteiger partial charge in [0.25, 0.3) is 0 Å². The predicted molar refractivity (Wildman–Crippen MR) is 66.1 cm³/mol. The van der Waals surface area contributed by atoms with E-state index in [-0.39, 0.29) is 0 Å². The molecular formula is C13H17NS. The fourth-order valence-corrected chi connectivity index (χ4v) is 2.31. The molecule has 0 spiro atoms. The van der Waals surface area contributed by atoms with Crippen LogP contribution in [0.25, 0.3) is 0 Å².